The highest BCUT2D eigenvalue weighted by Gasteiger charge is 2.15. The summed E-state index contributed by atoms with van der Waals surface area (Å²) in [5.74, 6) is -0.165. The molecule has 4 heteroatoms. The Labute approximate surface area is 133 Å². The van der Waals surface area contributed by atoms with Crippen molar-refractivity contribution in [1.82, 2.24) is 10.3 Å². The Hall–Kier alpha value is -1.26. The van der Waals surface area contributed by atoms with Crippen molar-refractivity contribution >= 4 is 15.9 Å². The lowest BCUT2D eigenvalue weighted by atomic mass is 9.99. The molecule has 0 saturated heterocycles. The molecule has 0 spiro atoms. The maximum absolute atomic E-state index is 14.0. The van der Waals surface area contributed by atoms with Crippen molar-refractivity contribution in [1.29, 1.82) is 0 Å². The third kappa shape index (κ3) is 4.61. The molecule has 1 unspecified atom stereocenters. The lowest BCUT2D eigenvalue weighted by molar-refractivity contribution is 0.511. The van der Waals surface area contributed by atoms with Gasteiger partial charge in [-0.15, -0.1) is 0 Å². The maximum Gasteiger partial charge on any atom is 0.126 e. The zero-order chi connectivity index (χ0) is 15.2. The van der Waals surface area contributed by atoms with E-state index in [4.69, 9.17) is 0 Å². The third-order valence-corrected chi connectivity index (χ3v) is 3.86. The average Bonchev–Trinajstić information content (AvgIpc) is 2.47. The molecule has 1 heterocycles. The van der Waals surface area contributed by atoms with E-state index >= 15 is 0 Å². The van der Waals surface area contributed by atoms with Crippen LogP contribution in [0.15, 0.2) is 41.1 Å². The normalized spacial score (nSPS) is 12.4. The molecular weight excluding hydrogens is 331 g/mol. The van der Waals surface area contributed by atoms with Crippen LogP contribution in [0, 0.1) is 12.7 Å². The second kappa shape index (κ2) is 7.66. The van der Waals surface area contributed by atoms with Gasteiger partial charge in [0.2, 0.25) is 0 Å². The van der Waals surface area contributed by atoms with Crippen LogP contribution in [0.2, 0.25) is 0 Å². The zero-order valence-corrected chi connectivity index (χ0v) is 14.0. The number of nitrogens with one attached hydrogen (secondary N) is 1. The molecule has 0 aliphatic carbocycles. The van der Waals surface area contributed by atoms with Gasteiger partial charge in [0, 0.05) is 22.9 Å². The van der Waals surface area contributed by atoms with Gasteiger partial charge in [-0.3, -0.25) is 4.98 Å². The largest absolute Gasteiger partial charge is 0.310 e. The van der Waals surface area contributed by atoms with E-state index in [2.05, 4.69) is 39.2 Å². The fourth-order valence-corrected chi connectivity index (χ4v) is 2.72. The number of hydrogen-bond acceptors (Lipinski definition) is 2. The molecule has 2 rings (SSSR count). The molecule has 1 atom stereocenters. The number of nitrogens with zero attached hydrogens (tertiary/aromatic N) is 1. The molecule has 0 aliphatic rings. The number of halogens is 2. The molecule has 112 valence electrons. The van der Waals surface area contributed by atoms with Gasteiger partial charge < -0.3 is 5.32 Å². The number of aryl methyl sites for hydroxylation is 1. The van der Waals surface area contributed by atoms with Crippen molar-refractivity contribution in [2.24, 2.45) is 0 Å². The quantitative estimate of drug-likeness (QED) is 0.824. The fourth-order valence-electron chi connectivity index (χ4n) is 2.31. The van der Waals surface area contributed by atoms with Crippen molar-refractivity contribution in [3.63, 3.8) is 0 Å². The highest BCUT2D eigenvalue weighted by atomic mass is 79.9. The molecule has 1 aromatic heterocycles. The minimum absolute atomic E-state index is 0.0705. The summed E-state index contributed by atoms with van der Waals surface area (Å²) >= 11 is 3.41. The Morgan fingerprint density at radius 3 is 2.81 bits per heavy atom. The van der Waals surface area contributed by atoms with Crippen LogP contribution in [0.25, 0.3) is 0 Å². The Kier molecular flexibility index (Phi) is 5.88. The van der Waals surface area contributed by atoms with Crippen LogP contribution in [0.4, 0.5) is 4.39 Å². The van der Waals surface area contributed by atoms with Crippen LogP contribution in [0.3, 0.4) is 0 Å². The number of aromatic nitrogens is 1. The summed E-state index contributed by atoms with van der Waals surface area (Å²) in [7, 11) is 0. The van der Waals surface area contributed by atoms with E-state index in [1.54, 1.807) is 6.07 Å². The van der Waals surface area contributed by atoms with E-state index < -0.39 is 0 Å². The van der Waals surface area contributed by atoms with Gasteiger partial charge in [0.1, 0.15) is 5.82 Å². The average molecular weight is 351 g/mol. The lowest BCUT2D eigenvalue weighted by Crippen LogP contribution is -2.24. The summed E-state index contributed by atoms with van der Waals surface area (Å²) < 4.78 is 14.9. The van der Waals surface area contributed by atoms with Crippen LogP contribution >= 0.6 is 15.9 Å². The third-order valence-electron chi connectivity index (χ3n) is 3.37. The van der Waals surface area contributed by atoms with Crippen molar-refractivity contribution in [2.75, 3.05) is 6.54 Å². The van der Waals surface area contributed by atoms with Gasteiger partial charge in [-0.25, -0.2) is 4.39 Å². The molecular formula is C17H20BrFN2. The van der Waals surface area contributed by atoms with Crippen molar-refractivity contribution < 1.29 is 4.39 Å². The van der Waals surface area contributed by atoms with E-state index in [9.17, 15) is 4.39 Å². The molecule has 1 N–H and O–H groups in total. The Bertz CT molecular complexity index is 601. The van der Waals surface area contributed by atoms with Gasteiger partial charge >= 0.3 is 0 Å². The first kappa shape index (κ1) is 16.1. The van der Waals surface area contributed by atoms with Gasteiger partial charge in [0.15, 0.2) is 0 Å². The van der Waals surface area contributed by atoms with Crippen molar-refractivity contribution in [3.8, 4) is 0 Å². The summed E-state index contributed by atoms with van der Waals surface area (Å²) in [4.78, 5) is 4.25. The number of rotatable bonds is 6. The van der Waals surface area contributed by atoms with Gasteiger partial charge in [-0.05, 0) is 61.2 Å². The Morgan fingerprint density at radius 2 is 2.10 bits per heavy atom. The van der Waals surface area contributed by atoms with Gasteiger partial charge in [0.05, 0.1) is 0 Å². The zero-order valence-electron chi connectivity index (χ0n) is 12.4. The molecule has 0 bridgehead atoms. The fraction of sp³-hybridized carbons (Fsp3) is 0.353. The number of pyridine rings is 1. The first-order valence-corrected chi connectivity index (χ1v) is 7.98. The molecule has 2 nitrogen and oxygen atoms in total. The molecule has 0 fully saturated rings. The molecule has 0 aliphatic heterocycles. The predicted molar refractivity (Wildman–Crippen MR) is 87.8 cm³/mol. The second-order valence-electron chi connectivity index (χ2n) is 5.24. The first-order valence-electron chi connectivity index (χ1n) is 7.19. The van der Waals surface area contributed by atoms with Crippen LogP contribution < -0.4 is 5.32 Å². The van der Waals surface area contributed by atoms with Crippen LogP contribution in [0.1, 0.15) is 36.1 Å². The van der Waals surface area contributed by atoms with Crippen LogP contribution in [0.5, 0.6) is 0 Å². The smallest absolute Gasteiger partial charge is 0.126 e. The van der Waals surface area contributed by atoms with Gasteiger partial charge in [-0.1, -0.05) is 28.9 Å². The van der Waals surface area contributed by atoms with Crippen LogP contribution in [-0.2, 0) is 6.42 Å². The monoisotopic (exact) mass is 350 g/mol. The standard InChI is InChI=1S/C17H20BrFN2/c1-3-6-21-17(14-7-12(2)10-20-11-14)9-13-8-15(18)4-5-16(13)19/h4-5,7-8,10-11,17,21H,3,6,9H2,1-2H3. The summed E-state index contributed by atoms with van der Waals surface area (Å²) in [6.45, 7) is 5.04. The summed E-state index contributed by atoms with van der Waals surface area (Å²) in [6, 6.07) is 7.25. The Morgan fingerprint density at radius 1 is 1.29 bits per heavy atom. The van der Waals surface area contributed by atoms with E-state index in [-0.39, 0.29) is 11.9 Å². The Balaban J connectivity index is 2.25. The topological polar surface area (TPSA) is 24.9 Å². The van der Waals surface area contributed by atoms with E-state index in [0.29, 0.717) is 12.0 Å². The molecule has 0 saturated carbocycles. The lowest BCUT2D eigenvalue weighted by Gasteiger charge is -2.19. The highest BCUT2D eigenvalue weighted by molar-refractivity contribution is 9.10. The highest BCUT2D eigenvalue weighted by Crippen LogP contribution is 2.23. The molecule has 2 aromatic rings. The summed E-state index contributed by atoms with van der Waals surface area (Å²) in [5.41, 5.74) is 2.92. The van der Waals surface area contributed by atoms with Crippen molar-refractivity contribution in [3.05, 3.63) is 63.6 Å². The number of benzene rings is 1. The van der Waals surface area contributed by atoms with E-state index in [0.717, 1.165) is 28.6 Å². The van der Waals surface area contributed by atoms with Crippen molar-refractivity contribution in [2.45, 2.75) is 32.7 Å². The second-order valence-corrected chi connectivity index (χ2v) is 6.16. The first-order chi connectivity index (χ1) is 10.1. The van der Waals surface area contributed by atoms with E-state index in [1.165, 1.54) is 6.07 Å². The predicted octanol–water partition coefficient (Wildman–Crippen LogP) is 4.58. The minimum atomic E-state index is -0.165. The summed E-state index contributed by atoms with van der Waals surface area (Å²) in [6.07, 6.45) is 5.34. The van der Waals surface area contributed by atoms with E-state index in [1.807, 2.05) is 25.4 Å². The minimum Gasteiger partial charge on any atom is -0.310 e. The summed E-state index contributed by atoms with van der Waals surface area (Å²) in [5, 5.41) is 3.49. The number of hydrogen-bond donors (Lipinski definition) is 1. The molecule has 21 heavy (non-hydrogen) atoms. The molecule has 0 amide bonds. The molecule has 1 aromatic carbocycles. The van der Waals surface area contributed by atoms with Gasteiger partial charge in [0.25, 0.3) is 0 Å². The van der Waals surface area contributed by atoms with Crippen LogP contribution in [-0.4, -0.2) is 11.5 Å². The maximum atomic E-state index is 14.0. The SMILES string of the molecule is CCCNC(Cc1cc(Br)ccc1F)c1cncc(C)c1. The molecule has 0 radical (unpaired) electrons. The van der Waals surface area contributed by atoms with Gasteiger partial charge in [-0.2, -0.15) is 0 Å².